The molecule has 1 aliphatic carbocycles. The quantitative estimate of drug-likeness (QED) is 0.731. The molecule has 94 valence electrons. The number of ether oxygens (including phenoxy) is 1. The molecule has 0 aromatic heterocycles. The van der Waals surface area contributed by atoms with Crippen molar-refractivity contribution >= 4 is 0 Å². The van der Waals surface area contributed by atoms with E-state index in [1.54, 1.807) is 0 Å². The number of hydrogen-bond acceptors (Lipinski definition) is 2. The smallest absolute Gasteiger partial charge is 0.110 e. The second-order valence-corrected chi connectivity index (χ2v) is 6.08. The molecule has 0 aromatic rings. The van der Waals surface area contributed by atoms with Gasteiger partial charge in [0.25, 0.3) is 0 Å². The van der Waals surface area contributed by atoms with E-state index < -0.39 is 0 Å². The summed E-state index contributed by atoms with van der Waals surface area (Å²) in [6.07, 6.45) is 9.36. The van der Waals surface area contributed by atoms with Crippen molar-refractivity contribution in [2.24, 2.45) is 11.8 Å². The molecular weight excluding hydrogens is 200 g/mol. The summed E-state index contributed by atoms with van der Waals surface area (Å²) in [6.45, 7) is 4.31. The summed E-state index contributed by atoms with van der Waals surface area (Å²) >= 11 is 0. The van der Waals surface area contributed by atoms with Gasteiger partial charge in [0.2, 0.25) is 0 Å². The first-order valence-electron chi connectivity index (χ1n) is 7.00. The highest BCUT2D eigenvalue weighted by Gasteiger charge is 2.45. The molecule has 0 aromatic carbocycles. The minimum atomic E-state index is -0.228. The number of aliphatic hydroxyl groups excluding tert-OH is 1. The van der Waals surface area contributed by atoms with E-state index in [1.165, 1.54) is 38.5 Å². The third-order valence-electron chi connectivity index (χ3n) is 4.00. The SMILES string of the molecule is CC(C)C[C@H](O)[C@@H]1O[C@H]1CC1CCCCC1. The first kappa shape index (κ1) is 12.4. The second kappa shape index (κ2) is 5.50. The van der Waals surface area contributed by atoms with Gasteiger partial charge in [-0.1, -0.05) is 46.0 Å². The molecule has 0 spiro atoms. The Bertz CT molecular complexity index is 209. The summed E-state index contributed by atoms with van der Waals surface area (Å²) in [5.74, 6) is 1.43. The maximum Gasteiger partial charge on any atom is 0.110 e. The molecule has 0 amide bonds. The molecular formula is C14H26O2. The van der Waals surface area contributed by atoms with Gasteiger partial charge in [0.05, 0.1) is 12.2 Å². The van der Waals surface area contributed by atoms with Crippen LogP contribution in [-0.2, 0) is 4.74 Å². The Kier molecular flexibility index (Phi) is 4.26. The Labute approximate surface area is 99.4 Å². The van der Waals surface area contributed by atoms with Crippen molar-refractivity contribution in [3.63, 3.8) is 0 Å². The van der Waals surface area contributed by atoms with Crippen LogP contribution in [0.2, 0.25) is 0 Å². The highest BCUT2D eigenvalue weighted by Crippen LogP contribution is 2.37. The van der Waals surface area contributed by atoms with Crippen LogP contribution in [0.25, 0.3) is 0 Å². The molecule has 1 heterocycles. The van der Waals surface area contributed by atoms with Gasteiger partial charge in [-0.3, -0.25) is 0 Å². The van der Waals surface area contributed by atoms with Gasteiger partial charge < -0.3 is 9.84 Å². The van der Waals surface area contributed by atoms with E-state index in [-0.39, 0.29) is 12.2 Å². The zero-order chi connectivity index (χ0) is 11.5. The maximum absolute atomic E-state index is 9.93. The average molecular weight is 226 g/mol. The molecule has 1 N–H and O–H groups in total. The van der Waals surface area contributed by atoms with Crippen LogP contribution >= 0.6 is 0 Å². The third-order valence-corrected chi connectivity index (χ3v) is 4.00. The summed E-state index contributed by atoms with van der Waals surface area (Å²) in [5, 5.41) is 9.93. The predicted octanol–water partition coefficient (Wildman–Crippen LogP) is 3.13. The first-order valence-corrected chi connectivity index (χ1v) is 7.00. The Morgan fingerprint density at radius 2 is 1.88 bits per heavy atom. The Morgan fingerprint density at radius 3 is 2.50 bits per heavy atom. The minimum Gasteiger partial charge on any atom is -0.390 e. The molecule has 1 saturated heterocycles. The van der Waals surface area contributed by atoms with Gasteiger partial charge in [0.1, 0.15) is 6.10 Å². The molecule has 0 radical (unpaired) electrons. The lowest BCUT2D eigenvalue weighted by molar-refractivity contribution is 0.113. The highest BCUT2D eigenvalue weighted by atomic mass is 16.6. The van der Waals surface area contributed by atoms with Crippen molar-refractivity contribution in [3.05, 3.63) is 0 Å². The van der Waals surface area contributed by atoms with Crippen LogP contribution in [0.4, 0.5) is 0 Å². The Balaban J connectivity index is 1.66. The van der Waals surface area contributed by atoms with Gasteiger partial charge in [-0.05, 0) is 24.7 Å². The van der Waals surface area contributed by atoms with Gasteiger partial charge in [-0.2, -0.15) is 0 Å². The number of epoxide rings is 1. The van der Waals surface area contributed by atoms with Crippen LogP contribution in [0.5, 0.6) is 0 Å². The third kappa shape index (κ3) is 3.46. The largest absolute Gasteiger partial charge is 0.390 e. The maximum atomic E-state index is 9.93. The van der Waals surface area contributed by atoms with Gasteiger partial charge in [-0.25, -0.2) is 0 Å². The van der Waals surface area contributed by atoms with Gasteiger partial charge in [0.15, 0.2) is 0 Å². The number of aliphatic hydroxyl groups is 1. The molecule has 2 heteroatoms. The summed E-state index contributed by atoms with van der Waals surface area (Å²) in [6, 6.07) is 0. The standard InChI is InChI=1S/C14H26O2/c1-10(2)8-12(15)14-13(16-14)9-11-6-4-3-5-7-11/h10-15H,3-9H2,1-2H3/t12-,13-,14-/m0/s1. The lowest BCUT2D eigenvalue weighted by atomic mass is 9.85. The molecule has 2 fully saturated rings. The van der Waals surface area contributed by atoms with Crippen LogP contribution in [-0.4, -0.2) is 23.4 Å². The van der Waals surface area contributed by atoms with Gasteiger partial charge in [-0.15, -0.1) is 0 Å². The summed E-state index contributed by atoms with van der Waals surface area (Å²) < 4.78 is 5.63. The fourth-order valence-corrected chi connectivity index (χ4v) is 3.05. The van der Waals surface area contributed by atoms with Gasteiger partial charge in [0, 0.05) is 0 Å². The first-order chi connectivity index (χ1) is 7.66. The molecule has 16 heavy (non-hydrogen) atoms. The van der Waals surface area contributed by atoms with Crippen LogP contribution < -0.4 is 0 Å². The average Bonchev–Trinajstić information content (AvgIpc) is 2.98. The zero-order valence-electron chi connectivity index (χ0n) is 10.7. The molecule has 1 aliphatic heterocycles. The topological polar surface area (TPSA) is 32.8 Å². The van der Waals surface area contributed by atoms with Crippen molar-refractivity contribution in [3.8, 4) is 0 Å². The Morgan fingerprint density at radius 1 is 1.19 bits per heavy atom. The summed E-state index contributed by atoms with van der Waals surface area (Å²) in [4.78, 5) is 0. The van der Waals surface area contributed by atoms with Gasteiger partial charge >= 0.3 is 0 Å². The Hall–Kier alpha value is -0.0800. The lowest BCUT2D eigenvalue weighted by Gasteiger charge is -2.20. The fraction of sp³-hybridized carbons (Fsp3) is 1.00. The summed E-state index contributed by atoms with van der Waals surface area (Å²) in [5.41, 5.74) is 0. The highest BCUT2D eigenvalue weighted by molar-refractivity contribution is 4.92. The van der Waals surface area contributed by atoms with E-state index in [4.69, 9.17) is 4.74 Å². The van der Waals surface area contributed by atoms with E-state index in [9.17, 15) is 5.11 Å². The normalized spacial score (nSPS) is 33.0. The number of hydrogen-bond donors (Lipinski definition) is 1. The zero-order valence-corrected chi connectivity index (χ0v) is 10.7. The molecule has 2 nitrogen and oxygen atoms in total. The molecule has 3 atom stereocenters. The van der Waals surface area contributed by atoms with Crippen LogP contribution in [0.15, 0.2) is 0 Å². The predicted molar refractivity (Wildman–Crippen MR) is 65.3 cm³/mol. The van der Waals surface area contributed by atoms with E-state index >= 15 is 0 Å². The minimum absolute atomic E-state index is 0.157. The lowest BCUT2D eigenvalue weighted by Crippen LogP contribution is -2.20. The molecule has 2 aliphatic rings. The molecule has 1 saturated carbocycles. The van der Waals surface area contributed by atoms with E-state index in [1.807, 2.05) is 0 Å². The van der Waals surface area contributed by atoms with Crippen LogP contribution in [0.3, 0.4) is 0 Å². The van der Waals surface area contributed by atoms with E-state index in [2.05, 4.69) is 13.8 Å². The van der Waals surface area contributed by atoms with Crippen molar-refractivity contribution in [2.45, 2.75) is 77.1 Å². The van der Waals surface area contributed by atoms with Crippen molar-refractivity contribution < 1.29 is 9.84 Å². The van der Waals surface area contributed by atoms with E-state index in [0.717, 1.165) is 12.3 Å². The second-order valence-electron chi connectivity index (χ2n) is 6.08. The monoisotopic (exact) mass is 226 g/mol. The molecule has 0 bridgehead atoms. The van der Waals surface area contributed by atoms with Crippen molar-refractivity contribution in [1.29, 1.82) is 0 Å². The summed E-state index contributed by atoms with van der Waals surface area (Å²) in [7, 11) is 0. The molecule has 0 unspecified atom stereocenters. The van der Waals surface area contributed by atoms with Crippen LogP contribution in [0, 0.1) is 11.8 Å². The van der Waals surface area contributed by atoms with Crippen LogP contribution in [0.1, 0.15) is 58.8 Å². The van der Waals surface area contributed by atoms with E-state index in [0.29, 0.717) is 12.0 Å². The van der Waals surface area contributed by atoms with Crippen molar-refractivity contribution in [1.82, 2.24) is 0 Å². The number of rotatable bonds is 5. The fourth-order valence-electron chi connectivity index (χ4n) is 3.05. The van der Waals surface area contributed by atoms with Crippen molar-refractivity contribution in [2.75, 3.05) is 0 Å². The molecule has 2 rings (SSSR count).